The molecule has 1 amide bonds. The number of carbonyl (C=O) groups is 1. The fourth-order valence-corrected chi connectivity index (χ4v) is 2.52. The second kappa shape index (κ2) is 6.31. The van der Waals surface area contributed by atoms with Crippen LogP contribution in [-0.2, 0) is 6.42 Å². The number of rotatable bonds is 4. The number of hydrogen-bond donors (Lipinski definition) is 1. The van der Waals surface area contributed by atoms with Crippen LogP contribution in [0.3, 0.4) is 0 Å². The number of fused-ring (bicyclic) bond motifs is 1. The molecule has 24 heavy (non-hydrogen) atoms. The Morgan fingerprint density at radius 2 is 2.04 bits per heavy atom. The Morgan fingerprint density at radius 3 is 2.79 bits per heavy atom. The van der Waals surface area contributed by atoms with Gasteiger partial charge in [0, 0.05) is 35.7 Å². The van der Waals surface area contributed by atoms with Crippen molar-refractivity contribution in [1.82, 2.24) is 5.16 Å². The first-order valence-electron chi connectivity index (χ1n) is 7.74. The van der Waals surface area contributed by atoms with Crippen molar-refractivity contribution in [1.29, 1.82) is 0 Å². The lowest BCUT2D eigenvalue weighted by atomic mass is 10.1. The van der Waals surface area contributed by atoms with Crippen LogP contribution in [0.1, 0.15) is 35.7 Å². The first-order valence-corrected chi connectivity index (χ1v) is 7.74. The highest BCUT2D eigenvalue weighted by molar-refractivity contribution is 6.03. The van der Waals surface area contributed by atoms with Crippen LogP contribution in [-0.4, -0.2) is 11.1 Å². The number of aromatic nitrogens is 1. The van der Waals surface area contributed by atoms with Crippen LogP contribution in [0.5, 0.6) is 0 Å². The van der Waals surface area contributed by atoms with Crippen molar-refractivity contribution in [3.8, 4) is 0 Å². The Hall–Kier alpha value is -2.89. The number of amides is 1. The summed E-state index contributed by atoms with van der Waals surface area (Å²) in [7, 11) is 0. The van der Waals surface area contributed by atoms with Crippen LogP contribution in [0.25, 0.3) is 11.0 Å². The lowest BCUT2D eigenvalue weighted by Gasteiger charge is -2.05. The van der Waals surface area contributed by atoms with Crippen LogP contribution >= 0.6 is 0 Å². The number of nitrogens with one attached hydrogen (secondary N) is 1. The first-order chi connectivity index (χ1) is 11.4. The molecule has 3 aromatic rings. The molecule has 6 heteroatoms. The second-order valence-corrected chi connectivity index (χ2v) is 6.19. The van der Waals surface area contributed by atoms with Crippen LogP contribution < -0.4 is 10.9 Å². The molecule has 0 saturated carbocycles. The van der Waals surface area contributed by atoms with Crippen molar-refractivity contribution < 1.29 is 13.7 Å². The van der Waals surface area contributed by atoms with Gasteiger partial charge in [-0.05, 0) is 30.5 Å². The minimum atomic E-state index is -0.418. The summed E-state index contributed by atoms with van der Waals surface area (Å²) in [5.41, 5.74) is 1.58. The van der Waals surface area contributed by atoms with E-state index in [1.165, 1.54) is 6.07 Å². The van der Waals surface area contributed by atoms with E-state index in [2.05, 4.69) is 24.3 Å². The van der Waals surface area contributed by atoms with Crippen molar-refractivity contribution in [3.63, 3.8) is 0 Å². The van der Waals surface area contributed by atoms with Crippen LogP contribution in [0.2, 0.25) is 0 Å². The normalized spacial score (nSPS) is 11.2. The number of nitrogens with zero attached hydrogens (tertiary/aromatic N) is 1. The highest BCUT2D eigenvalue weighted by Gasteiger charge is 2.14. The van der Waals surface area contributed by atoms with E-state index in [4.69, 9.17) is 8.94 Å². The molecule has 2 heterocycles. The molecule has 0 saturated heterocycles. The average molecular weight is 326 g/mol. The maximum Gasteiger partial charge on any atom is 0.336 e. The molecule has 3 rings (SSSR count). The standard InChI is InChI=1S/C18H18N2O4/c1-10(2)6-13-9-15(20-24-13)18(22)19-12-4-5-14-11(3)7-17(21)23-16(14)8-12/h4-5,7-10H,6H2,1-3H3,(H,19,22). The van der Waals surface area contributed by atoms with E-state index in [-0.39, 0.29) is 11.6 Å². The second-order valence-electron chi connectivity index (χ2n) is 6.19. The molecule has 0 radical (unpaired) electrons. The van der Waals surface area contributed by atoms with Gasteiger partial charge in [0.15, 0.2) is 5.69 Å². The summed E-state index contributed by atoms with van der Waals surface area (Å²) in [5.74, 6) is 0.721. The molecule has 1 N–H and O–H groups in total. The van der Waals surface area contributed by atoms with Gasteiger partial charge in [0.1, 0.15) is 11.3 Å². The molecule has 0 atom stereocenters. The number of benzene rings is 1. The minimum Gasteiger partial charge on any atom is -0.423 e. The number of aryl methyl sites for hydroxylation is 1. The molecule has 6 nitrogen and oxygen atoms in total. The molecule has 0 spiro atoms. The molecule has 0 aliphatic heterocycles. The smallest absolute Gasteiger partial charge is 0.336 e. The zero-order valence-corrected chi connectivity index (χ0v) is 13.8. The van der Waals surface area contributed by atoms with E-state index in [1.807, 2.05) is 6.92 Å². The highest BCUT2D eigenvalue weighted by Crippen LogP contribution is 2.21. The van der Waals surface area contributed by atoms with Gasteiger partial charge in [-0.15, -0.1) is 0 Å². The van der Waals surface area contributed by atoms with E-state index in [1.54, 1.807) is 24.3 Å². The fourth-order valence-electron chi connectivity index (χ4n) is 2.52. The third-order valence-electron chi connectivity index (χ3n) is 3.61. The molecule has 1 aromatic carbocycles. The Labute approximate surface area is 138 Å². The predicted octanol–water partition coefficient (Wildman–Crippen LogP) is 3.54. The van der Waals surface area contributed by atoms with Crippen molar-refractivity contribution in [2.75, 3.05) is 5.32 Å². The Bertz CT molecular complexity index is 953. The van der Waals surface area contributed by atoms with Crippen molar-refractivity contribution in [3.05, 3.63) is 57.8 Å². The fraction of sp³-hybridized carbons (Fsp3) is 0.278. The largest absolute Gasteiger partial charge is 0.423 e. The minimum absolute atomic E-state index is 0.219. The lowest BCUT2D eigenvalue weighted by molar-refractivity contribution is 0.101. The third kappa shape index (κ3) is 3.37. The quantitative estimate of drug-likeness (QED) is 0.741. The molecule has 2 aromatic heterocycles. The van der Waals surface area contributed by atoms with Crippen LogP contribution in [0, 0.1) is 12.8 Å². The van der Waals surface area contributed by atoms with Gasteiger partial charge in [-0.3, -0.25) is 4.79 Å². The van der Waals surface area contributed by atoms with Gasteiger partial charge in [0.25, 0.3) is 5.91 Å². The van der Waals surface area contributed by atoms with Gasteiger partial charge in [0.05, 0.1) is 0 Å². The van der Waals surface area contributed by atoms with E-state index >= 15 is 0 Å². The number of carbonyl (C=O) groups excluding carboxylic acids is 1. The Kier molecular flexibility index (Phi) is 4.20. The summed E-state index contributed by atoms with van der Waals surface area (Å²) >= 11 is 0. The van der Waals surface area contributed by atoms with Gasteiger partial charge in [-0.25, -0.2) is 4.79 Å². The van der Waals surface area contributed by atoms with Crippen molar-refractivity contribution >= 4 is 22.6 Å². The summed E-state index contributed by atoms with van der Waals surface area (Å²) in [5, 5.41) is 7.35. The first kappa shape index (κ1) is 16.0. The monoisotopic (exact) mass is 326 g/mol. The maximum atomic E-state index is 12.3. The summed E-state index contributed by atoms with van der Waals surface area (Å²) in [6.07, 6.45) is 0.723. The zero-order valence-electron chi connectivity index (χ0n) is 13.8. The highest BCUT2D eigenvalue weighted by atomic mass is 16.5. The molecule has 0 fully saturated rings. The zero-order chi connectivity index (χ0) is 17.3. The molecule has 0 aliphatic carbocycles. The van der Waals surface area contributed by atoms with Crippen LogP contribution in [0.4, 0.5) is 5.69 Å². The predicted molar refractivity (Wildman–Crippen MR) is 90.2 cm³/mol. The van der Waals surface area contributed by atoms with Gasteiger partial charge in [0.2, 0.25) is 0 Å². The van der Waals surface area contributed by atoms with Crippen LogP contribution in [0.15, 0.2) is 44.1 Å². The van der Waals surface area contributed by atoms with Gasteiger partial charge in [-0.1, -0.05) is 19.0 Å². The molecular weight excluding hydrogens is 308 g/mol. The third-order valence-corrected chi connectivity index (χ3v) is 3.61. The van der Waals surface area contributed by atoms with Crippen molar-refractivity contribution in [2.45, 2.75) is 27.2 Å². The Morgan fingerprint density at radius 1 is 1.25 bits per heavy atom. The SMILES string of the molecule is Cc1cc(=O)oc2cc(NC(=O)c3cc(CC(C)C)on3)ccc12. The number of anilines is 1. The molecular formula is C18H18N2O4. The maximum absolute atomic E-state index is 12.3. The lowest BCUT2D eigenvalue weighted by Crippen LogP contribution is -2.12. The molecule has 124 valence electrons. The summed E-state index contributed by atoms with van der Waals surface area (Å²) < 4.78 is 10.3. The van der Waals surface area contributed by atoms with Gasteiger partial charge < -0.3 is 14.3 Å². The number of hydrogen-bond acceptors (Lipinski definition) is 5. The van der Waals surface area contributed by atoms with E-state index in [9.17, 15) is 9.59 Å². The summed E-state index contributed by atoms with van der Waals surface area (Å²) in [4.78, 5) is 23.7. The molecule has 0 aliphatic rings. The van der Waals surface area contributed by atoms with E-state index in [0.717, 1.165) is 17.4 Å². The molecule has 0 unspecified atom stereocenters. The summed E-state index contributed by atoms with van der Waals surface area (Å²) in [6, 6.07) is 8.25. The van der Waals surface area contributed by atoms with E-state index < -0.39 is 5.63 Å². The van der Waals surface area contributed by atoms with E-state index in [0.29, 0.717) is 22.9 Å². The van der Waals surface area contributed by atoms with Gasteiger partial charge in [-0.2, -0.15) is 0 Å². The topological polar surface area (TPSA) is 85.3 Å². The summed E-state index contributed by atoms with van der Waals surface area (Å²) in [6.45, 7) is 5.96. The van der Waals surface area contributed by atoms with Crippen molar-refractivity contribution in [2.24, 2.45) is 5.92 Å². The molecule has 0 bridgehead atoms. The Balaban J connectivity index is 1.82. The van der Waals surface area contributed by atoms with Gasteiger partial charge >= 0.3 is 5.63 Å². The average Bonchev–Trinajstić information content (AvgIpc) is 2.94.